The van der Waals surface area contributed by atoms with Crippen molar-refractivity contribution < 1.29 is 0 Å². The zero-order chi connectivity index (χ0) is 12.4. The van der Waals surface area contributed by atoms with E-state index in [9.17, 15) is 0 Å². The Morgan fingerprint density at radius 1 is 1.22 bits per heavy atom. The summed E-state index contributed by atoms with van der Waals surface area (Å²) in [7, 11) is 2.20. The maximum atomic E-state index is 4.51. The average Bonchev–Trinajstić information content (AvgIpc) is 2.99. The minimum atomic E-state index is 0.601. The Kier molecular flexibility index (Phi) is 3.55. The third-order valence-corrected chi connectivity index (χ3v) is 4.37. The van der Waals surface area contributed by atoms with Crippen molar-refractivity contribution in [2.75, 3.05) is 25.5 Å². The fourth-order valence-corrected chi connectivity index (χ4v) is 3.29. The van der Waals surface area contributed by atoms with Crippen molar-refractivity contribution in [2.24, 2.45) is 0 Å². The van der Waals surface area contributed by atoms with E-state index in [1.165, 1.54) is 45.1 Å². The van der Waals surface area contributed by atoms with E-state index >= 15 is 0 Å². The van der Waals surface area contributed by atoms with Crippen LogP contribution in [0.4, 0.5) is 5.95 Å². The lowest BCUT2D eigenvalue weighted by Gasteiger charge is -2.25. The first-order valence-electron chi connectivity index (χ1n) is 7.31. The molecule has 0 aromatic carbocycles. The number of hydrogen-bond acceptors (Lipinski definition) is 3. The molecule has 1 N–H and O–H groups in total. The molecule has 4 nitrogen and oxygen atoms in total. The SMILES string of the molecule is CN1CCC(n2ccnc2NC2CCCCC2)C1. The normalized spacial score (nSPS) is 26.6. The minimum absolute atomic E-state index is 0.601. The summed E-state index contributed by atoms with van der Waals surface area (Å²) in [6.45, 7) is 2.35. The molecule has 1 saturated heterocycles. The van der Waals surface area contributed by atoms with Crippen LogP contribution in [0.3, 0.4) is 0 Å². The van der Waals surface area contributed by atoms with Gasteiger partial charge in [-0.1, -0.05) is 19.3 Å². The Bertz CT molecular complexity index is 381. The molecule has 1 aliphatic heterocycles. The van der Waals surface area contributed by atoms with E-state index in [0.29, 0.717) is 12.1 Å². The smallest absolute Gasteiger partial charge is 0.203 e. The highest BCUT2D eigenvalue weighted by molar-refractivity contribution is 5.29. The van der Waals surface area contributed by atoms with Crippen LogP contribution in [0.5, 0.6) is 0 Å². The summed E-state index contributed by atoms with van der Waals surface area (Å²) in [4.78, 5) is 6.91. The van der Waals surface area contributed by atoms with Crippen LogP contribution < -0.4 is 5.32 Å². The summed E-state index contributed by atoms with van der Waals surface area (Å²) >= 11 is 0. The summed E-state index contributed by atoms with van der Waals surface area (Å²) < 4.78 is 2.35. The van der Waals surface area contributed by atoms with Gasteiger partial charge in [-0.05, 0) is 32.9 Å². The molecule has 1 saturated carbocycles. The summed E-state index contributed by atoms with van der Waals surface area (Å²) in [5, 5.41) is 3.65. The van der Waals surface area contributed by atoms with Crippen molar-refractivity contribution in [3.05, 3.63) is 12.4 Å². The highest BCUT2D eigenvalue weighted by atomic mass is 15.3. The third kappa shape index (κ3) is 2.53. The summed E-state index contributed by atoms with van der Waals surface area (Å²) in [6.07, 6.45) is 12.1. The molecule has 1 aromatic heterocycles. The van der Waals surface area contributed by atoms with Crippen molar-refractivity contribution in [1.29, 1.82) is 0 Å². The number of aromatic nitrogens is 2. The molecular weight excluding hydrogens is 224 g/mol. The third-order valence-electron chi connectivity index (χ3n) is 4.37. The van der Waals surface area contributed by atoms with Gasteiger partial charge in [-0.2, -0.15) is 0 Å². The van der Waals surface area contributed by atoms with E-state index in [2.05, 4.69) is 33.0 Å². The number of anilines is 1. The van der Waals surface area contributed by atoms with Crippen molar-refractivity contribution in [1.82, 2.24) is 14.5 Å². The molecule has 3 rings (SSSR count). The topological polar surface area (TPSA) is 33.1 Å². The van der Waals surface area contributed by atoms with Gasteiger partial charge in [-0.15, -0.1) is 0 Å². The highest BCUT2D eigenvalue weighted by Gasteiger charge is 2.24. The lowest BCUT2D eigenvalue weighted by Crippen LogP contribution is -2.25. The van der Waals surface area contributed by atoms with Crippen LogP contribution in [0, 0.1) is 0 Å². The summed E-state index contributed by atoms with van der Waals surface area (Å²) in [5.74, 6) is 1.09. The van der Waals surface area contributed by atoms with Crippen molar-refractivity contribution >= 4 is 5.95 Å². The molecule has 1 unspecified atom stereocenters. The maximum absolute atomic E-state index is 4.51. The number of nitrogens with one attached hydrogen (secondary N) is 1. The zero-order valence-electron chi connectivity index (χ0n) is 11.3. The Hall–Kier alpha value is -1.03. The molecule has 0 amide bonds. The van der Waals surface area contributed by atoms with Crippen LogP contribution in [-0.4, -0.2) is 40.6 Å². The molecule has 0 radical (unpaired) electrons. The Balaban J connectivity index is 1.67. The van der Waals surface area contributed by atoms with Gasteiger partial charge in [-0.25, -0.2) is 4.98 Å². The Morgan fingerprint density at radius 3 is 2.78 bits per heavy atom. The highest BCUT2D eigenvalue weighted by Crippen LogP contribution is 2.26. The van der Waals surface area contributed by atoms with Crippen LogP contribution in [0.15, 0.2) is 12.4 Å². The van der Waals surface area contributed by atoms with Crippen molar-refractivity contribution in [2.45, 2.75) is 50.6 Å². The zero-order valence-corrected chi connectivity index (χ0v) is 11.3. The quantitative estimate of drug-likeness (QED) is 0.892. The van der Waals surface area contributed by atoms with Crippen LogP contribution in [0.1, 0.15) is 44.6 Å². The lowest BCUT2D eigenvalue weighted by molar-refractivity contribution is 0.392. The van der Waals surface area contributed by atoms with E-state index < -0.39 is 0 Å². The average molecular weight is 248 g/mol. The fourth-order valence-electron chi connectivity index (χ4n) is 3.29. The van der Waals surface area contributed by atoms with Gasteiger partial charge in [0.1, 0.15) is 0 Å². The molecule has 100 valence electrons. The van der Waals surface area contributed by atoms with Crippen LogP contribution in [0.25, 0.3) is 0 Å². The second-order valence-electron chi connectivity index (χ2n) is 5.84. The molecule has 1 aliphatic carbocycles. The van der Waals surface area contributed by atoms with E-state index in [4.69, 9.17) is 0 Å². The minimum Gasteiger partial charge on any atom is -0.353 e. The molecule has 2 aliphatic rings. The van der Waals surface area contributed by atoms with Crippen molar-refractivity contribution in [3.63, 3.8) is 0 Å². The van der Waals surface area contributed by atoms with Gasteiger partial charge in [0.05, 0.1) is 6.04 Å². The van der Waals surface area contributed by atoms with Gasteiger partial charge in [0.15, 0.2) is 0 Å². The number of likely N-dealkylation sites (N-methyl/N-ethyl adjacent to an activating group) is 1. The first-order chi connectivity index (χ1) is 8.83. The number of nitrogens with zero attached hydrogens (tertiary/aromatic N) is 3. The molecule has 2 fully saturated rings. The monoisotopic (exact) mass is 248 g/mol. The summed E-state index contributed by atoms with van der Waals surface area (Å²) in [5.41, 5.74) is 0. The van der Waals surface area contributed by atoms with Gasteiger partial charge in [0, 0.05) is 25.0 Å². The molecule has 0 bridgehead atoms. The molecular formula is C14H24N4. The maximum Gasteiger partial charge on any atom is 0.203 e. The number of imidazole rings is 1. The summed E-state index contributed by atoms with van der Waals surface area (Å²) in [6, 6.07) is 1.24. The number of likely N-dealkylation sites (tertiary alicyclic amines) is 1. The van der Waals surface area contributed by atoms with E-state index in [-0.39, 0.29) is 0 Å². The van der Waals surface area contributed by atoms with Gasteiger partial charge < -0.3 is 14.8 Å². The predicted molar refractivity (Wildman–Crippen MR) is 73.9 cm³/mol. The number of hydrogen-bond donors (Lipinski definition) is 1. The van der Waals surface area contributed by atoms with E-state index in [1.54, 1.807) is 0 Å². The van der Waals surface area contributed by atoms with Crippen LogP contribution in [0.2, 0.25) is 0 Å². The molecule has 18 heavy (non-hydrogen) atoms. The Morgan fingerprint density at radius 2 is 2.06 bits per heavy atom. The Labute approximate surface area is 109 Å². The lowest BCUT2D eigenvalue weighted by atomic mass is 9.96. The molecule has 2 heterocycles. The van der Waals surface area contributed by atoms with Gasteiger partial charge >= 0.3 is 0 Å². The van der Waals surface area contributed by atoms with Gasteiger partial charge in [0.2, 0.25) is 5.95 Å². The molecule has 0 spiro atoms. The number of rotatable bonds is 3. The molecule has 4 heteroatoms. The second kappa shape index (κ2) is 5.31. The van der Waals surface area contributed by atoms with E-state index in [1.807, 2.05) is 6.20 Å². The van der Waals surface area contributed by atoms with Crippen molar-refractivity contribution in [3.8, 4) is 0 Å². The van der Waals surface area contributed by atoms with Crippen LogP contribution >= 0.6 is 0 Å². The molecule has 1 atom stereocenters. The fraction of sp³-hybridized carbons (Fsp3) is 0.786. The van der Waals surface area contributed by atoms with Gasteiger partial charge in [0.25, 0.3) is 0 Å². The van der Waals surface area contributed by atoms with E-state index in [0.717, 1.165) is 12.5 Å². The molecule has 1 aromatic rings. The van der Waals surface area contributed by atoms with Crippen LogP contribution in [-0.2, 0) is 0 Å². The first-order valence-corrected chi connectivity index (χ1v) is 7.31. The second-order valence-corrected chi connectivity index (χ2v) is 5.84. The van der Waals surface area contributed by atoms with Gasteiger partial charge in [-0.3, -0.25) is 0 Å². The largest absolute Gasteiger partial charge is 0.353 e. The standard InChI is InChI=1S/C14H24N4/c1-17-9-7-13(11-17)18-10-8-15-14(18)16-12-5-3-2-4-6-12/h8,10,12-13H,2-7,9,11H2,1H3,(H,15,16). The first kappa shape index (κ1) is 12.0. The predicted octanol–water partition coefficient (Wildman–Crippen LogP) is 2.50.